The molecule has 1 aromatic carbocycles. The van der Waals surface area contributed by atoms with Crippen molar-refractivity contribution >= 4 is 17.3 Å². The van der Waals surface area contributed by atoms with E-state index < -0.39 is 5.82 Å². The number of benzene rings is 1. The Labute approximate surface area is 196 Å². The van der Waals surface area contributed by atoms with Crippen LogP contribution in [0.3, 0.4) is 0 Å². The van der Waals surface area contributed by atoms with Gasteiger partial charge in [0.2, 0.25) is 0 Å². The summed E-state index contributed by atoms with van der Waals surface area (Å²) in [7, 11) is 1.41. The highest BCUT2D eigenvalue weighted by molar-refractivity contribution is 6.07. The molecule has 8 nitrogen and oxygen atoms in total. The molecule has 0 saturated carbocycles. The fraction of sp³-hybridized carbons (Fsp3) is 0.360. The molecule has 9 heteroatoms. The maximum absolute atomic E-state index is 14.4. The zero-order valence-corrected chi connectivity index (χ0v) is 18.9. The van der Waals surface area contributed by atoms with Crippen molar-refractivity contribution in [3.8, 4) is 22.8 Å². The van der Waals surface area contributed by atoms with E-state index in [4.69, 9.17) is 14.2 Å². The number of anilines is 2. The second-order valence-corrected chi connectivity index (χ2v) is 8.38. The monoisotopic (exact) mass is 466 g/mol. The summed E-state index contributed by atoms with van der Waals surface area (Å²) in [6, 6.07) is 6.49. The second kappa shape index (κ2) is 9.72. The van der Waals surface area contributed by atoms with Crippen LogP contribution in [0.4, 0.5) is 15.8 Å². The first-order valence-electron chi connectivity index (χ1n) is 11.5. The minimum absolute atomic E-state index is 0.0290. The van der Waals surface area contributed by atoms with Gasteiger partial charge in [0, 0.05) is 36.5 Å². The Morgan fingerprint density at radius 1 is 1.21 bits per heavy atom. The van der Waals surface area contributed by atoms with Gasteiger partial charge in [-0.15, -0.1) is 0 Å². The van der Waals surface area contributed by atoms with E-state index in [-0.39, 0.29) is 17.7 Å². The van der Waals surface area contributed by atoms with Gasteiger partial charge in [0.25, 0.3) is 5.91 Å². The molecule has 34 heavy (non-hydrogen) atoms. The molecule has 2 aliphatic heterocycles. The average molecular weight is 467 g/mol. The number of rotatable bonds is 3. The fourth-order valence-corrected chi connectivity index (χ4v) is 4.57. The molecule has 1 atom stereocenters. The fourth-order valence-electron chi connectivity index (χ4n) is 4.57. The normalized spacial score (nSPS) is 18.2. The number of amides is 1. The number of hydrogen-bond donors (Lipinski definition) is 3. The molecule has 3 bridgehead atoms. The zero-order chi connectivity index (χ0) is 23.5. The summed E-state index contributed by atoms with van der Waals surface area (Å²) in [5.74, 6) is -0.0365. The quantitative estimate of drug-likeness (QED) is 0.535. The van der Waals surface area contributed by atoms with E-state index in [0.29, 0.717) is 54.6 Å². The van der Waals surface area contributed by atoms with Crippen molar-refractivity contribution < 1.29 is 23.4 Å². The molecule has 2 aromatic heterocycles. The summed E-state index contributed by atoms with van der Waals surface area (Å²) in [4.78, 5) is 21.0. The number of pyridine rings is 1. The number of nitrogens with one attached hydrogen (secondary N) is 3. The van der Waals surface area contributed by atoms with Gasteiger partial charge in [0.1, 0.15) is 12.4 Å². The Kier molecular flexibility index (Phi) is 6.35. The molecule has 0 aliphatic carbocycles. The molecule has 3 N–H and O–H groups in total. The number of fused-ring (bicyclic) bond motifs is 4. The van der Waals surface area contributed by atoms with Crippen LogP contribution in [-0.4, -0.2) is 48.8 Å². The second-order valence-electron chi connectivity index (χ2n) is 8.38. The number of para-hydroxylation sites is 1. The van der Waals surface area contributed by atoms with Crippen LogP contribution in [0.1, 0.15) is 35.3 Å². The van der Waals surface area contributed by atoms with Crippen molar-refractivity contribution in [1.29, 1.82) is 0 Å². The maximum atomic E-state index is 14.4. The summed E-state index contributed by atoms with van der Waals surface area (Å²) in [6.45, 7) is 1.51. The zero-order valence-electron chi connectivity index (χ0n) is 18.9. The molecule has 1 amide bonds. The van der Waals surface area contributed by atoms with Crippen molar-refractivity contribution in [3.05, 3.63) is 53.7 Å². The first-order chi connectivity index (χ1) is 16.7. The largest absolute Gasteiger partial charge is 0.492 e. The van der Waals surface area contributed by atoms with Gasteiger partial charge in [-0.3, -0.25) is 9.78 Å². The Hall–Kier alpha value is -3.59. The number of hydrogen-bond acceptors (Lipinski definition) is 6. The third-order valence-electron chi connectivity index (χ3n) is 6.15. The lowest BCUT2D eigenvalue weighted by atomic mass is 9.96. The Balaban J connectivity index is 1.65. The third kappa shape index (κ3) is 4.31. The van der Waals surface area contributed by atoms with Crippen LogP contribution in [0, 0.1) is 5.82 Å². The van der Waals surface area contributed by atoms with Crippen molar-refractivity contribution in [2.45, 2.75) is 31.7 Å². The van der Waals surface area contributed by atoms with Crippen LogP contribution in [0.15, 0.2) is 36.7 Å². The molecule has 2 aliphatic rings. The van der Waals surface area contributed by atoms with E-state index in [1.165, 1.54) is 13.2 Å². The summed E-state index contributed by atoms with van der Waals surface area (Å²) >= 11 is 0. The van der Waals surface area contributed by atoms with E-state index in [2.05, 4.69) is 20.6 Å². The predicted octanol–water partition coefficient (Wildman–Crippen LogP) is 4.20. The lowest BCUT2D eigenvalue weighted by Gasteiger charge is -2.24. The van der Waals surface area contributed by atoms with Gasteiger partial charge in [-0.05, 0) is 37.5 Å². The first kappa shape index (κ1) is 22.2. The van der Waals surface area contributed by atoms with Gasteiger partial charge >= 0.3 is 0 Å². The number of halogens is 1. The number of carbonyl (C=O) groups is 1. The van der Waals surface area contributed by atoms with Gasteiger partial charge in [-0.1, -0.05) is 6.07 Å². The van der Waals surface area contributed by atoms with Crippen LogP contribution in [0.2, 0.25) is 0 Å². The van der Waals surface area contributed by atoms with Crippen LogP contribution < -0.4 is 20.1 Å². The molecule has 0 saturated heterocycles. The standard InChI is InChI=1S/C25H27FN4O4/c1-32-24-17(26)6-4-7-18(24)29-23-21-19-13-15(28-25(21)31)5-2-3-10-33-11-12-34-20-14-27-9-8-16(20)22(23)30-19/h4,6-9,14-15,29-30H,2-3,5,10-13H2,1H3,(H,28,31). The lowest BCUT2D eigenvalue weighted by molar-refractivity contribution is 0.0910. The average Bonchev–Trinajstić information content (AvgIpc) is 3.19. The molecule has 3 aromatic rings. The Bertz CT molecular complexity index is 1200. The van der Waals surface area contributed by atoms with Gasteiger partial charge in [-0.25, -0.2) is 4.39 Å². The Morgan fingerprint density at radius 2 is 2.12 bits per heavy atom. The van der Waals surface area contributed by atoms with Crippen molar-refractivity contribution in [2.24, 2.45) is 0 Å². The first-order valence-corrected chi connectivity index (χ1v) is 11.5. The van der Waals surface area contributed by atoms with Crippen molar-refractivity contribution in [3.63, 3.8) is 0 Å². The Morgan fingerprint density at radius 3 is 3.00 bits per heavy atom. The molecule has 178 valence electrons. The molecular weight excluding hydrogens is 439 g/mol. The number of aromatic nitrogens is 2. The third-order valence-corrected chi connectivity index (χ3v) is 6.15. The highest BCUT2D eigenvalue weighted by Gasteiger charge is 2.32. The number of carbonyl (C=O) groups excluding carboxylic acids is 1. The minimum atomic E-state index is -0.495. The number of aromatic amines is 1. The molecule has 0 radical (unpaired) electrons. The van der Waals surface area contributed by atoms with Crippen LogP contribution >= 0.6 is 0 Å². The predicted molar refractivity (Wildman–Crippen MR) is 125 cm³/mol. The molecule has 1 unspecified atom stereocenters. The van der Waals surface area contributed by atoms with Crippen LogP contribution in [0.5, 0.6) is 11.5 Å². The molecular formula is C25H27FN4O4. The van der Waals surface area contributed by atoms with Crippen LogP contribution in [-0.2, 0) is 11.2 Å². The highest BCUT2D eigenvalue weighted by Crippen LogP contribution is 2.42. The number of H-pyrrole nitrogens is 1. The van der Waals surface area contributed by atoms with Gasteiger partial charge in [0.15, 0.2) is 11.6 Å². The SMILES string of the molecule is COc1c(F)cccc1Nc1c2[nH]c3c1C(=O)NC(CCCCOCCOc1cnccc1-2)C3. The summed E-state index contributed by atoms with van der Waals surface area (Å²) in [5, 5.41) is 6.40. The summed E-state index contributed by atoms with van der Waals surface area (Å²) < 4.78 is 31.4. The van der Waals surface area contributed by atoms with E-state index in [0.717, 1.165) is 30.5 Å². The van der Waals surface area contributed by atoms with Crippen molar-refractivity contribution in [1.82, 2.24) is 15.3 Å². The van der Waals surface area contributed by atoms with E-state index in [9.17, 15) is 9.18 Å². The van der Waals surface area contributed by atoms with E-state index in [1.807, 2.05) is 6.07 Å². The number of nitrogens with zero attached hydrogens (tertiary/aromatic N) is 1. The summed E-state index contributed by atoms with van der Waals surface area (Å²) in [6.07, 6.45) is 6.70. The summed E-state index contributed by atoms with van der Waals surface area (Å²) in [5.41, 5.74) is 3.70. The van der Waals surface area contributed by atoms with Crippen molar-refractivity contribution in [2.75, 3.05) is 32.2 Å². The molecule has 0 fully saturated rings. The topological polar surface area (TPSA) is 97.5 Å². The van der Waals surface area contributed by atoms with Crippen LogP contribution in [0.25, 0.3) is 11.3 Å². The molecule has 4 heterocycles. The maximum Gasteiger partial charge on any atom is 0.255 e. The number of ether oxygens (including phenoxy) is 3. The van der Waals surface area contributed by atoms with E-state index in [1.54, 1.807) is 24.5 Å². The molecule has 5 rings (SSSR count). The lowest BCUT2D eigenvalue weighted by Crippen LogP contribution is -2.41. The van der Waals surface area contributed by atoms with Gasteiger partial charge < -0.3 is 29.8 Å². The van der Waals surface area contributed by atoms with Gasteiger partial charge in [0.05, 0.1) is 42.5 Å². The smallest absolute Gasteiger partial charge is 0.255 e. The molecule has 0 spiro atoms. The number of methoxy groups -OCH3 is 1. The minimum Gasteiger partial charge on any atom is -0.492 e. The van der Waals surface area contributed by atoms with E-state index >= 15 is 0 Å². The highest BCUT2D eigenvalue weighted by atomic mass is 19.1. The van der Waals surface area contributed by atoms with Gasteiger partial charge in [-0.2, -0.15) is 0 Å².